The lowest BCUT2D eigenvalue weighted by Crippen LogP contribution is -2.38. The predicted molar refractivity (Wildman–Crippen MR) is 70.7 cm³/mol. The van der Waals surface area contributed by atoms with Crippen molar-refractivity contribution in [1.82, 2.24) is 14.9 Å². The monoisotopic (exact) mass is 254 g/mol. The van der Waals surface area contributed by atoms with E-state index in [0.29, 0.717) is 11.3 Å². The number of anilines is 1. The van der Waals surface area contributed by atoms with E-state index in [1.54, 1.807) is 6.20 Å². The molecule has 1 aliphatic rings. The first-order valence-corrected chi connectivity index (χ1v) is 6.40. The molecule has 2 rings (SSSR count). The second-order valence-corrected chi connectivity index (χ2v) is 5.14. The van der Waals surface area contributed by atoms with Gasteiger partial charge in [0.2, 0.25) is 5.28 Å². The van der Waals surface area contributed by atoms with Gasteiger partial charge in [-0.05, 0) is 45.5 Å². The van der Waals surface area contributed by atoms with E-state index in [1.165, 1.54) is 0 Å². The summed E-state index contributed by atoms with van der Waals surface area (Å²) in [4.78, 5) is 13.1. The van der Waals surface area contributed by atoms with E-state index < -0.39 is 0 Å². The second kappa shape index (κ2) is 5.19. The van der Waals surface area contributed by atoms with Crippen LogP contribution in [0.15, 0.2) is 6.20 Å². The van der Waals surface area contributed by atoms with Gasteiger partial charge in [-0.1, -0.05) is 0 Å². The molecule has 0 amide bonds. The van der Waals surface area contributed by atoms with E-state index in [0.717, 1.165) is 37.4 Å². The summed E-state index contributed by atoms with van der Waals surface area (Å²) in [6, 6.07) is 0.451. The Balaban J connectivity index is 2.28. The summed E-state index contributed by atoms with van der Waals surface area (Å²) in [6.45, 7) is 7.49. The van der Waals surface area contributed by atoms with Crippen molar-refractivity contribution in [2.45, 2.75) is 26.3 Å². The summed E-state index contributed by atoms with van der Waals surface area (Å²) in [5.41, 5.74) is 1.09. The molecule has 1 aromatic rings. The number of likely N-dealkylation sites (N-methyl/N-ethyl adjacent to an activating group) is 1. The first-order valence-electron chi connectivity index (χ1n) is 6.02. The maximum Gasteiger partial charge on any atom is 0.224 e. The Kier molecular flexibility index (Phi) is 3.84. The molecule has 17 heavy (non-hydrogen) atoms. The van der Waals surface area contributed by atoms with Crippen molar-refractivity contribution >= 4 is 17.4 Å². The standard InChI is InChI=1S/C12H19ClN4/c1-9-7-14-12(13)15-11(9)17-6-4-5-16(3)8-10(17)2/h7,10H,4-6,8H2,1-3H3. The molecule has 0 radical (unpaired) electrons. The van der Waals surface area contributed by atoms with Gasteiger partial charge in [0.05, 0.1) is 0 Å². The van der Waals surface area contributed by atoms with Gasteiger partial charge in [0.15, 0.2) is 0 Å². The number of aryl methyl sites for hydroxylation is 1. The number of hydrogen-bond donors (Lipinski definition) is 0. The molecule has 0 spiro atoms. The van der Waals surface area contributed by atoms with E-state index in [2.05, 4.69) is 33.7 Å². The Bertz CT molecular complexity index is 396. The largest absolute Gasteiger partial charge is 0.352 e. The average Bonchev–Trinajstić information content (AvgIpc) is 2.43. The smallest absolute Gasteiger partial charge is 0.224 e. The van der Waals surface area contributed by atoms with Crippen LogP contribution < -0.4 is 4.90 Å². The zero-order chi connectivity index (χ0) is 12.4. The van der Waals surface area contributed by atoms with E-state index in [4.69, 9.17) is 11.6 Å². The molecule has 0 N–H and O–H groups in total. The van der Waals surface area contributed by atoms with Crippen LogP contribution >= 0.6 is 11.6 Å². The normalized spacial score (nSPS) is 22.6. The zero-order valence-corrected chi connectivity index (χ0v) is 11.4. The minimum Gasteiger partial charge on any atom is -0.352 e. The molecule has 0 bridgehead atoms. The number of rotatable bonds is 1. The average molecular weight is 255 g/mol. The van der Waals surface area contributed by atoms with Gasteiger partial charge in [0.1, 0.15) is 5.82 Å². The molecule has 2 heterocycles. The van der Waals surface area contributed by atoms with Crippen LogP contribution in [0.2, 0.25) is 5.28 Å². The molecule has 1 atom stereocenters. The molecule has 1 unspecified atom stereocenters. The van der Waals surface area contributed by atoms with Crippen LogP contribution in [0.5, 0.6) is 0 Å². The predicted octanol–water partition coefficient (Wildman–Crippen LogP) is 1.97. The lowest BCUT2D eigenvalue weighted by Gasteiger charge is -2.30. The lowest BCUT2D eigenvalue weighted by molar-refractivity contribution is 0.337. The van der Waals surface area contributed by atoms with Crippen LogP contribution in [-0.2, 0) is 0 Å². The molecule has 1 aromatic heterocycles. The molecule has 0 aliphatic carbocycles. The highest BCUT2D eigenvalue weighted by Crippen LogP contribution is 2.22. The summed E-state index contributed by atoms with van der Waals surface area (Å²) in [7, 11) is 2.17. The second-order valence-electron chi connectivity index (χ2n) is 4.80. The Labute approximate surface area is 108 Å². The van der Waals surface area contributed by atoms with E-state index >= 15 is 0 Å². The Morgan fingerprint density at radius 2 is 2.18 bits per heavy atom. The van der Waals surface area contributed by atoms with Crippen molar-refractivity contribution in [3.63, 3.8) is 0 Å². The Morgan fingerprint density at radius 3 is 2.94 bits per heavy atom. The van der Waals surface area contributed by atoms with E-state index in [1.807, 2.05) is 6.92 Å². The van der Waals surface area contributed by atoms with E-state index in [9.17, 15) is 0 Å². The molecular weight excluding hydrogens is 236 g/mol. The Morgan fingerprint density at radius 1 is 1.41 bits per heavy atom. The fourth-order valence-electron chi connectivity index (χ4n) is 2.39. The SMILES string of the molecule is Cc1cnc(Cl)nc1N1CCCN(C)CC1C. The number of hydrogen-bond acceptors (Lipinski definition) is 4. The molecular formula is C12H19ClN4. The molecule has 0 saturated carbocycles. The summed E-state index contributed by atoms with van der Waals surface area (Å²) in [5, 5.41) is 0.329. The Hall–Kier alpha value is -0.870. The number of halogens is 1. The first-order chi connectivity index (χ1) is 8.08. The summed E-state index contributed by atoms with van der Waals surface area (Å²) >= 11 is 5.89. The van der Waals surface area contributed by atoms with Crippen molar-refractivity contribution in [1.29, 1.82) is 0 Å². The van der Waals surface area contributed by atoms with Crippen LogP contribution in [0.1, 0.15) is 18.9 Å². The van der Waals surface area contributed by atoms with Gasteiger partial charge in [0.25, 0.3) is 0 Å². The molecule has 1 aliphatic heterocycles. The van der Waals surface area contributed by atoms with Gasteiger partial charge in [-0.15, -0.1) is 0 Å². The van der Waals surface area contributed by atoms with Gasteiger partial charge in [0, 0.05) is 30.9 Å². The lowest BCUT2D eigenvalue weighted by atomic mass is 10.2. The van der Waals surface area contributed by atoms with Crippen molar-refractivity contribution in [2.24, 2.45) is 0 Å². The van der Waals surface area contributed by atoms with Crippen LogP contribution in [0.4, 0.5) is 5.82 Å². The minimum absolute atomic E-state index is 0.329. The van der Waals surface area contributed by atoms with Crippen molar-refractivity contribution < 1.29 is 0 Å². The van der Waals surface area contributed by atoms with Crippen molar-refractivity contribution in [3.05, 3.63) is 17.0 Å². The fraction of sp³-hybridized carbons (Fsp3) is 0.667. The van der Waals surface area contributed by atoms with Gasteiger partial charge in [-0.3, -0.25) is 0 Å². The first kappa shape index (κ1) is 12.6. The topological polar surface area (TPSA) is 32.3 Å². The summed E-state index contributed by atoms with van der Waals surface area (Å²) in [6.07, 6.45) is 2.95. The van der Waals surface area contributed by atoms with Gasteiger partial charge < -0.3 is 9.80 Å². The van der Waals surface area contributed by atoms with Crippen molar-refractivity contribution in [2.75, 3.05) is 31.6 Å². The van der Waals surface area contributed by atoms with Gasteiger partial charge in [-0.25, -0.2) is 9.97 Å². The van der Waals surface area contributed by atoms with Crippen molar-refractivity contribution in [3.8, 4) is 0 Å². The third-order valence-electron chi connectivity index (χ3n) is 3.23. The number of aromatic nitrogens is 2. The van der Waals surface area contributed by atoms with Crippen LogP contribution in [0.25, 0.3) is 0 Å². The third kappa shape index (κ3) is 2.87. The molecule has 0 aromatic carbocycles. The fourth-order valence-corrected chi connectivity index (χ4v) is 2.52. The van der Waals surface area contributed by atoms with Gasteiger partial charge in [-0.2, -0.15) is 0 Å². The quantitative estimate of drug-likeness (QED) is 0.718. The van der Waals surface area contributed by atoms with Crippen LogP contribution in [0.3, 0.4) is 0 Å². The maximum atomic E-state index is 5.89. The highest BCUT2D eigenvalue weighted by molar-refractivity contribution is 6.28. The van der Waals surface area contributed by atoms with Crippen LogP contribution in [-0.4, -0.2) is 47.6 Å². The highest BCUT2D eigenvalue weighted by atomic mass is 35.5. The zero-order valence-electron chi connectivity index (χ0n) is 10.6. The van der Waals surface area contributed by atoms with E-state index in [-0.39, 0.29) is 0 Å². The third-order valence-corrected chi connectivity index (χ3v) is 3.42. The minimum atomic E-state index is 0.329. The molecule has 4 nitrogen and oxygen atoms in total. The molecule has 1 saturated heterocycles. The molecule has 1 fully saturated rings. The molecule has 94 valence electrons. The van der Waals surface area contributed by atoms with Crippen LogP contribution in [0, 0.1) is 6.92 Å². The molecule has 5 heteroatoms. The highest BCUT2D eigenvalue weighted by Gasteiger charge is 2.22. The maximum absolute atomic E-state index is 5.89. The summed E-state index contributed by atoms with van der Waals surface area (Å²) in [5.74, 6) is 0.979. The van der Waals surface area contributed by atoms with Gasteiger partial charge >= 0.3 is 0 Å². The summed E-state index contributed by atoms with van der Waals surface area (Å²) < 4.78 is 0. The number of nitrogens with zero attached hydrogens (tertiary/aromatic N) is 4.